The van der Waals surface area contributed by atoms with Crippen molar-refractivity contribution in [1.82, 2.24) is 5.32 Å². The second-order valence-corrected chi connectivity index (χ2v) is 6.23. The van der Waals surface area contributed by atoms with Crippen LogP contribution in [-0.4, -0.2) is 40.3 Å². The number of nitrogens with one attached hydrogen (secondary N) is 1. The molecule has 0 radical (unpaired) electrons. The molecular weight excluding hydrogens is 301 g/mol. The Balaban J connectivity index is 2.25. The molecule has 0 unspecified atom stereocenters. The molecular formula is C13H16FNO3S2. The number of carbonyl (C=O) groups is 2. The Morgan fingerprint density at radius 3 is 2.65 bits per heavy atom. The highest BCUT2D eigenvalue weighted by Gasteiger charge is 2.17. The number of carboxylic acids is 1. The van der Waals surface area contributed by atoms with Gasteiger partial charge in [0, 0.05) is 29.1 Å². The number of carboxylic acid groups (broad SMARTS) is 1. The minimum Gasteiger partial charge on any atom is -0.480 e. The predicted molar refractivity (Wildman–Crippen MR) is 79.7 cm³/mol. The first-order chi connectivity index (χ1) is 9.50. The number of hydrogen-bond donors (Lipinski definition) is 2. The van der Waals surface area contributed by atoms with E-state index < -0.39 is 12.0 Å². The molecule has 20 heavy (non-hydrogen) atoms. The van der Waals surface area contributed by atoms with E-state index >= 15 is 0 Å². The second kappa shape index (κ2) is 8.86. The molecule has 0 heterocycles. The fourth-order valence-electron chi connectivity index (χ4n) is 1.39. The molecule has 0 aromatic heterocycles. The molecule has 1 aromatic carbocycles. The first-order valence-corrected chi connectivity index (χ1v) is 8.09. The molecule has 110 valence electrons. The van der Waals surface area contributed by atoms with Crippen LogP contribution in [0, 0.1) is 5.82 Å². The van der Waals surface area contributed by atoms with Crippen molar-refractivity contribution in [2.24, 2.45) is 0 Å². The van der Waals surface area contributed by atoms with E-state index in [0.29, 0.717) is 22.2 Å². The number of thioether (sulfide) groups is 2. The summed E-state index contributed by atoms with van der Waals surface area (Å²) < 4.78 is 13.3. The molecule has 4 nitrogen and oxygen atoms in total. The molecule has 0 aliphatic carbocycles. The number of benzene rings is 1. The van der Waals surface area contributed by atoms with E-state index in [0.717, 1.165) is 0 Å². The highest BCUT2D eigenvalue weighted by atomic mass is 32.2. The number of halogens is 1. The van der Waals surface area contributed by atoms with Gasteiger partial charge in [0.25, 0.3) is 0 Å². The standard InChI is InChI=1S/C13H16FNO3S2/c1-9(16)15-11(13(17)18)8-19-6-7-20-12-5-3-2-4-10(12)14/h2-5,11H,6-8H2,1H3,(H,15,16)(H,17,18)/t11-/m0/s1. The number of aliphatic carboxylic acids is 1. The molecule has 0 bridgehead atoms. The van der Waals surface area contributed by atoms with Crippen molar-refractivity contribution in [3.05, 3.63) is 30.1 Å². The topological polar surface area (TPSA) is 66.4 Å². The average Bonchev–Trinajstić information content (AvgIpc) is 2.38. The van der Waals surface area contributed by atoms with E-state index in [4.69, 9.17) is 5.11 Å². The van der Waals surface area contributed by atoms with E-state index in [9.17, 15) is 14.0 Å². The van der Waals surface area contributed by atoms with Crippen molar-refractivity contribution in [2.75, 3.05) is 17.3 Å². The van der Waals surface area contributed by atoms with Gasteiger partial charge in [0.15, 0.2) is 0 Å². The van der Waals surface area contributed by atoms with Gasteiger partial charge in [0.05, 0.1) is 0 Å². The van der Waals surface area contributed by atoms with Crippen LogP contribution >= 0.6 is 23.5 Å². The van der Waals surface area contributed by atoms with E-state index in [1.54, 1.807) is 18.2 Å². The van der Waals surface area contributed by atoms with Crippen molar-refractivity contribution < 1.29 is 19.1 Å². The van der Waals surface area contributed by atoms with Crippen LogP contribution in [0.3, 0.4) is 0 Å². The fourth-order valence-corrected chi connectivity index (χ4v) is 3.43. The zero-order chi connectivity index (χ0) is 15.0. The summed E-state index contributed by atoms with van der Waals surface area (Å²) >= 11 is 2.81. The third-order valence-electron chi connectivity index (χ3n) is 2.28. The molecule has 1 rings (SSSR count). The summed E-state index contributed by atoms with van der Waals surface area (Å²) in [7, 11) is 0. The van der Waals surface area contributed by atoms with Crippen LogP contribution < -0.4 is 5.32 Å². The smallest absolute Gasteiger partial charge is 0.327 e. The van der Waals surface area contributed by atoms with Gasteiger partial charge in [-0.05, 0) is 12.1 Å². The lowest BCUT2D eigenvalue weighted by Crippen LogP contribution is -2.41. The number of hydrogen-bond acceptors (Lipinski definition) is 4. The zero-order valence-electron chi connectivity index (χ0n) is 11.0. The van der Waals surface area contributed by atoms with Crippen LogP contribution in [-0.2, 0) is 9.59 Å². The predicted octanol–water partition coefficient (Wildman–Crippen LogP) is 2.24. The average molecular weight is 317 g/mol. The molecule has 2 N–H and O–H groups in total. The van der Waals surface area contributed by atoms with Gasteiger partial charge in [-0.3, -0.25) is 4.79 Å². The SMILES string of the molecule is CC(=O)N[C@@H](CSCCSc1ccccc1F)C(=O)O. The molecule has 0 saturated carbocycles. The fraction of sp³-hybridized carbons (Fsp3) is 0.385. The van der Waals surface area contributed by atoms with Crippen molar-refractivity contribution in [2.45, 2.75) is 17.9 Å². The maximum atomic E-state index is 13.3. The van der Waals surface area contributed by atoms with Gasteiger partial charge in [-0.1, -0.05) is 12.1 Å². The lowest BCUT2D eigenvalue weighted by atomic mass is 10.3. The normalized spacial score (nSPS) is 11.9. The molecule has 7 heteroatoms. The molecule has 0 saturated heterocycles. The summed E-state index contributed by atoms with van der Waals surface area (Å²) in [5.41, 5.74) is 0. The largest absolute Gasteiger partial charge is 0.480 e. The number of carbonyl (C=O) groups excluding carboxylic acids is 1. The van der Waals surface area contributed by atoms with Crippen LogP contribution in [0.1, 0.15) is 6.92 Å². The second-order valence-electron chi connectivity index (χ2n) is 3.95. The Bertz CT molecular complexity index is 471. The Morgan fingerprint density at radius 1 is 1.35 bits per heavy atom. The molecule has 0 aliphatic rings. The number of amides is 1. The van der Waals surface area contributed by atoms with Crippen LogP contribution in [0.25, 0.3) is 0 Å². The van der Waals surface area contributed by atoms with E-state index in [-0.39, 0.29) is 11.7 Å². The van der Waals surface area contributed by atoms with Crippen molar-refractivity contribution in [1.29, 1.82) is 0 Å². The third-order valence-corrected chi connectivity index (χ3v) is 4.65. The van der Waals surface area contributed by atoms with Gasteiger partial charge < -0.3 is 10.4 Å². The molecule has 0 fully saturated rings. The molecule has 0 aliphatic heterocycles. The number of rotatable bonds is 8. The van der Waals surface area contributed by atoms with Gasteiger partial charge in [-0.25, -0.2) is 9.18 Å². The lowest BCUT2D eigenvalue weighted by molar-refractivity contribution is -0.140. The Kier molecular flexibility index (Phi) is 7.46. The van der Waals surface area contributed by atoms with Gasteiger partial charge >= 0.3 is 5.97 Å². The molecule has 1 amide bonds. The molecule has 0 spiro atoms. The zero-order valence-corrected chi connectivity index (χ0v) is 12.6. The third kappa shape index (κ3) is 6.29. The van der Waals surface area contributed by atoms with Crippen molar-refractivity contribution in [3.63, 3.8) is 0 Å². The van der Waals surface area contributed by atoms with Gasteiger partial charge in [-0.15, -0.1) is 11.8 Å². The summed E-state index contributed by atoms with van der Waals surface area (Å²) in [6.45, 7) is 1.29. The first-order valence-electron chi connectivity index (χ1n) is 5.95. The maximum Gasteiger partial charge on any atom is 0.327 e. The monoisotopic (exact) mass is 317 g/mol. The lowest BCUT2D eigenvalue weighted by Gasteiger charge is -2.12. The van der Waals surface area contributed by atoms with Crippen molar-refractivity contribution in [3.8, 4) is 0 Å². The van der Waals surface area contributed by atoms with E-state index in [1.807, 2.05) is 0 Å². The molecule has 1 aromatic rings. The minimum atomic E-state index is -1.05. The van der Waals surface area contributed by atoms with E-state index in [2.05, 4.69) is 5.32 Å². The van der Waals surface area contributed by atoms with Gasteiger partial charge in [-0.2, -0.15) is 11.8 Å². The maximum absolute atomic E-state index is 13.3. The quantitative estimate of drug-likeness (QED) is 0.568. The summed E-state index contributed by atoms with van der Waals surface area (Å²) in [5.74, 6) is 0.00461. The van der Waals surface area contributed by atoms with Crippen molar-refractivity contribution >= 4 is 35.4 Å². The van der Waals surface area contributed by atoms with Crippen LogP contribution in [0.2, 0.25) is 0 Å². The van der Waals surface area contributed by atoms with E-state index in [1.165, 1.54) is 36.5 Å². The van der Waals surface area contributed by atoms with Gasteiger partial charge in [0.2, 0.25) is 5.91 Å². The summed E-state index contributed by atoms with van der Waals surface area (Å²) in [6, 6.07) is 5.65. The Labute approximate surface area is 125 Å². The highest BCUT2D eigenvalue weighted by Crippen LogP contribution is 2.22. The van der Waals surface area contributed by atoms with Crippen LogP contribution in [0.15, 0.2) is 29.2 Å². The molecule has 1 atom stereocenters. The summed E-state index contributed by atoms with van der Waals surface area (Å²) in [4.78, 5) is 22.3. The van der Waals surface area contributed by atoms with Crippen LogP contribution in [0.5, 0.6) is 0 Å². The summed E-state index contributed by atoms with van der Waals surface area (Å²) in [5, 5.41) is 11.3. The summed E-state index contributed by atoms with van der Waals surface area (Å²) in [6.07, 6.45) is 0. The van der Waals surface area contributed by atoms with Gasteiger partial charge in [0.1, 0.15) is 11.9 Å². The Hall–Kier alpha value is -1.21. The first kappa shape index (κ1) is 16.8. The Morgan fingerprint density at radius 2 is 2.05 bits per heavy atom. The highest BCUT2D eigenvalue weighted by molar-refractivity contribution is 8.03. The van der Waals surface area contributed by atoms with Crippen LogP contribution in [0.4, 0.5) is 4.39 Å². The minimum absolute atomic E-state index is 0.246.